The Morgan fingerprint density at radius 1 is 1.10 bits per heavy atom. The van der Waals surface area contributed by atoms with Crippen LogP contribution in [0.4, 0.5) is 5.69 Å². The summed E-state index contributed by atoms with van der Waals surface area (Å²) in [5, 5.41) is 10.5. The molecule has 1 heterocycles. The van der Waals surface area contributed by atoms with Crippen molar-refractivity contribution in [3.05, 3.63) is 65.7 Å². The quantitative estimate of drug-likeness (QED) is 0.910. The van der Waals surface area contributed by atoms with Gasteiger partial charge in [-0.2, -0.15) is 0 Å². The molecule has 0 bridgehead atoms. The van der Waals surface area contributed by atoms with Gasteiger partial charge in [0.25, 0.3) is 0 Å². The van der Waals surface area contributed by atoms with E-state index in [1.54, 1.807) is 0 Å². The number of nitrogens with two attached hydrogens (primary N) is 1. The van der Waals surface area contributed by atoms with Crippen LogP contribution in [0.2, 0.25) is 0 Å². The Hall–Kier alpha value is -1.84. The van der Waals surface area contributed by atoms with Gasteiger partial charge >= 0.3 is 0 Å². The Morgan fingerprint density at radius 2 is 1.81 bits per heavy atom. The molecule has 3 N–H and O–H groups in total. The second-order valence-electron chi connectivity index (χ2n) is 5.68. The Labute approximate surface area is 126 Å². The highest BCUT2D eigenvalue weighted by Gasteiger charge is 2.22. The molecule has 21 heavy (non-hydrogen) atoms. The lowest BCUT2D eigenvalue weighted by Crippen LogP contribution is -2.29. The van der Waals surface area contributed by atoms with Crippen LogP contribution >= 0.6 is 0 Å². The van der Waals surface area contributed by atoms with Crippen LogP contribution in [0.25, 0.3) is 0 Å². The minimum atomic E-state index is -0.478. The first-order valence-corrected chi connectivity index (χ1v) is 7.58. The number of aliphatic hydroxyl groups excluding tert-OH is 1. The van der Waals surface area contributed by atoms with Gasteiger partial charge in [-0.25, -0.2) is 0 Å². The molecule has 2 aromatic carbocycles. The molecule has 2 aromatic rings. The summed E-state index contributed by atoms with van der Waals surface area (Å²) in [6.07, 6.45) is 1.57. The molecule has 0 saturated heterocycles. The van der Waals surface area contributed by atoms with Crippen LogP contribution in [-0.2, 0) is 0 Å². The van der Waals surface area contributed by atoms with E-state index in [-0.39, 0.29) is 6.04 Å². The molecule has 0 spiro atoms. The topological polar surface area (TPSA) is 49.5 Å². The van der Waals surface area contributed by atoms with Gasteiger partial charge < -0.3 is 15.7 Å². The number of benzene rings is 2. The monoisotopic (exact) mass is 282 g/mol. The number of β-amino-alcohol motifs (C(OH)–C–C–N with tert-alkyl or cyclic N) is 1. The van der Waals surface area contributed by atoms with Gasteiger partial charge in [0.15, 0.2) is 0 Å². The van der Waals surface area contributed by atoms with Crippen LogP contribution < -0.4 is 10.6 Å². The summed E-state index contributed by atoms with van der Waals surface area (Å²) in [6, 6.07) is 18.2. The summed E-state index contributed by atoms with van der Waals surface area (Å²) >= 11 is 0. The molecule has 1 aliphatic rings. The van der Waals surface area contributed by atoms with Crippen LogP contribution in [-0.4, -0.2) is 18.2 Å². The van der Waals surface area contributed by atoms with Crippen molar-refractivity contribution in [2.24, 2.45) is 5.73 Å². The molecular weight excluding hydrogens is 260 g/mol. The van der Waals surface area contributed by atoms with Crippen molar-refractivity contribution < 1.29 is 5.11 Å². The highest BCUT2D eigenvalue weighted by atomic mass is 16.3. The van der Waals surface area contributed by atoms with Crippen LogP contribution in [0.5, 0.6) is 0 Å². The van der Waals surface area contributed by atoms with Crippen molar-refractivity contribution in [2.75, 3.05) is 18.0 Å². The zero-order valence-electron chi connectivity index (χ0n) is 12.2. The van der Waals surface area contributed by atoms with E-state index in [2.05, 4.69) is 17.0 Å². The molecule has 0 saturated carbocycles. The number of hydrogen-bond donors (Lipinski definition) is 2. The van der Waals surface area contributed by atoms with Crippen LogP contribution in [0.3, 0.4) is 0 Å². The Morgan fingerprint density at radius 3 is 2.62 bits per heavy atom. The highest BCUT2D eigenvalue weighted by Crippen LogP contribution is 2.32. The van der Waals surface area contributed by atoms with Gasteiger partial charge in [0.2, 0.25) is 0 Å². The number of fused-ring (bicyclic) bond motifs is 1. The smallest absolute Gasteiger partial charge is 0.0964 e. The van der Waals surface area contributed by atoms with Crippen molar-refractivity contribution in [3.63, 3.8) is 0 Å². The first-order chi connectivity index (χ1) is 10.3. The van der Waals surface area contributed by atoms with E-state index in [4.69, 9.17) is 5.73 Å². The molecule has 0 amide bonds. The lowest BCUT2D eigenvalue weighted by molar-refractivity contribution is 0.183. The minimum absolute atomic E-state index is 0.0973. The summed E-state index contributed by atoms with van der Waals surface area (Å²) in [5.74, 6) is 0. The van der Waals surface area contributed by atoms with Crippen molar-refractivity contribution in [1.29, 1.82) is 0 Å². The van der Waals surface area contributed by atoms with Crippen molar-refractivity contribution >= 4 is 5.69 Å². The van der Waals surface area contributed by atoms with E-state index < -0.39 is 6.10 Å². The third-order valence-corrected chi connectivity index (χ3v) is 4.20. The third kappa shape index (κ3) is 3.09. The summed E-state index contributed by atoms with van der Waals surface area (Å²) in [4.78, 5) is 2.26. The van der Waals surface area contributed by atoms with Gasteiger partial charge in [-0.3, -0.25) is 0 Å². The molecular formula is C18H22N2O. The molecule has 0 aromatic heterocycles. The van der Waals surface area contributed by atoms with Gasteiger partial charge in [-0.15, -0.1) is 0 Å². The molecule has 2 atom stereocenters. The fraction of sp³-hybridized carbons (Fsp3) is 0.333. The average Bonchev–Trinajstić information content (AvgIpc) is 2.69. The summed E-state index contributed by atoms with van der Waals surface area (Å²) in [7, 11) is 0. The standard InChI is InChI=1S/C18H22N2O/c19-16-10-6-12-20(17-11-5-4-9-15(16)17)13-18(21)14-7-2-1-3-8-14/h1-5,7-9,11,16,18,21H,6,10,12-13,19H2. The lowest BCUT2D eigenvalue weighted by atomic mass is 10.0. The van der Waals surface area contributed by atoms with Crippen LogP contribution in [0.1, 0.15) is 36.1 Å². The number of para-hydroxylation sites is 1. The molecule has 2 unspecified atom stereocenters. The Kier molecular flexibility index (Phi) is 4.23. The maximum absolute atomic E-state index is 10.5. The van der Waals surface area contributed by atoms with E-state index in [0.717, 1.165) is 30.6 Å². The molecule has 1 aliphatic heterocycles. The van der Waals surface area contributed by atoms with Gasteiger partial charge in [0, 0.05) is 24.8 Å². The number of anilines is 1. The summed E-state index contributed by atoms with van der Waals surface area (Å²) < 4.78 is 0. The maximum atomic E-state index is 10.5. The predicted octanol–water partition coefficient (Wildman–Crippen LogP) is 3.02. The van der Waals surface area contributed by atoms with Crippen molar-refractivity contribution in [2.45, 2.75) is 25.0 Å². The van der Waals surface area contributed by atoms with Crippen molar-refractivity contribution in [1.82, 2.24) is 0 Å². The molecule has 110 valence electrons. The normalized spacial score (nSPS) is 19.7. The first-order valence-electron chi connectivity index (χ1n) is 7.58. The Balaban J connectivity index is 1.83. The van der Waals surface area contributed by atoms with Gasteiger partial charge in [0.05, 0.1) is 6.10 Å². The van der Waals surface area contributed by atoms with Gasteiger partial charge in [-0.05, 0) is 30.0 Å². The average molecular weight is 282 g/mol. The molecule has 3 heteroatoms. The zero-order chi connectivity index (χ0) is 14.7. The molecule has 0 radical (unpaired) electrons. The number of aliphatic hydroxyl groups is 1. The van der Waals surface area contributed by atoms with E-state index in [9.17, 15) is 5.11 Å². The number of hydrogen-bond acceptors (Lipinski definition) is 3. The fourth-order valence-electron chi connectivity index (χ4n) is 3.05. The largest absolute Gasteiger partial charge is 0.387 e. The van der Waals surface area contributed by atoms with Gasteiger partial charge in [-0.1, -0.05) is 48.5 Å². The Bertz CT molecular complexity index is 585. The number of nitrogens with zero attached hydrogens (tertiary/aromatic N) is 1. The van der Waals surface area contributed by atoms with E-state index in [1.165, 1.54) is 5.56 Å². The SMILES string of the molecule is NC1CCCN(CC(O)c2ccccc2)c2ccccc21. The third-order valence-electron chi connectivity index (χ3n) is 4.20. The van der Waals surface area contributed by atoms with E-state index in [1.807, 2.05) is 42.5 Å². The zero-order valence-corrected chi connectivity index (χ0v) is 12.2. The summed E-state index contributed by atoms with van der Waals surface area (Å²) in [5.41, 5.74) is 9.58. The second-order valence-corrected chi connectivity index (χ2v) is 5.68. The molecule has 3 rings (SSSR count). The summed E-state index contributed by atoms with van der Waals surface area (Å²) in [6.45, 7) is 1.54. The molecule has 3 nitrogen and oxygen atoms in total. The van der Waals surface area contributed by atoms with Gasteiger partial charge in [0.1, 0.15) is 0 Å². The second kappa shape index (κ2) is 6.29. The van der Waals surface area contributed by atoms with Crippen LogP contribution in [0.15, 0.2) is 54.6 Å². The minimum Gasteiger partial charge on any atom is -0.387 e. The molecule has 0 fully saturated rings. The lowest BCUT2D eigenvalue weighted by Gasteiger charge is -2.28. The van der Waals surface area contributed by atoms with Crippen molar-refractivity contribution in [3.8, 4) is 0 Å². The number of rotatable bonds is 3. The van der Waals surface area contributed by atoms with Crippen LogP contribution in [0, 0.1) is 0 Å². The molecule has 0 aliphatic carbocycles. The first kappa shape index (κ1) is 14.1. The maximum Gasteiger partial charge on any atom is 0.0964 e. The van der Waals surface area contributed by atoms with E-state index >= 15 is 0 Å². The predicted molar refractivity (Wildman–Crippen MR) is 86.2 cm³/mol. The fourth-order valence-corrected chi connectivity index (χ4v) is 3.05. The van der Waals surface area contributed by atoms with E-state index in [0.29, 0.717) is 6.54 Å². The highest BCUT2D eigenvalue weighted by molar-refractivity contribution is 5.56.